The molecule has 0 unspecified atom stereocenters. The highest BCUT2D eigenvalue weighted by molar-refractivity contribution is 6.14. The summed E-state index contributed by atoms with van der Waals surface area (Å²) in [6, 6.07) is 21.0. The standard InChI is InChI=1S/C28H29NO6/c1-3-33-24-15-14-21(18-25(24)34-4-2)27(31)22-12-8-9-13-23(22)28(32)35-19-26(30)29-17-16-20-10-6-5-7-11-20/h5-15,18H,3-4,16-17,19H2,1-2H3,(H,29,30). The molecule has 0 aliphatic carbocycles. The van der Waals surface area contributed by atoms with Gasteiger partial charge in [-0.15, -0.1) is 0 Å². The van der Waals surface area contributed by atoms with Crippen molar-refractivity contribution in [2.24, 2.45) is 0 Å². The fraction of sp³-hybridized carbons (Fsp3) is 0.250. The third kappa shape index (κ3) is 7.17. The molecule has 0 spiro atoms. The molecule has 1 amide bonds. The van der Waals surface area contributed by atoms with Crippen LogP contribution in [0.2, 0.25) is 0 Å². The lowest BCUT2D eigenvalue weighted by Gasteiger charge is -2.13. The zero-order valence-electron chi connectivity index (χ0n) is 19.9. The maximum atomic E-state index is 13.2. The van der Waals surface area contributed by atoms with Gasteiger partial charge in [0.1, 0.15) is 0 Å². The first-order chi connectivity index (χ1) is 17.0. The van der Waals surface area contributed by atoms with Crippen LogP contribution in [0.15, 0.2) is 72.8 Å². The third-order valence-corrected chi connectivity index (χ3v) is 5.11. The van der Waals surface area contributed by atoms with Gasteiger partial charge < -0.3 is 19.5 Å². The van der Waals surface area contributed by atoms with Crippen LogP contribution >= 0.6 is 0 Å². The number of hydrogen-bond acceptors (Lipinski definition) is 6. The minimum Gasteiger partial charge on any atom is -0.490 e. The fourth-order valence-corrected chi connectivity index (χ4v) is 3.46. The second-order valence-corrected chi connectivity index (χ2v) is 7.56. The highest BCUT2D eigenvalue weighted by Crippen LogP contribution is 2.30. The first-order valence-electron chi connectivity index (χ1n) is 11.5. The molecule has 0 fully saturated rings. The Balaban J connectivity index is 1.64. The molecule has 182 valence electrons. The van der Waals surface area contributed by atoms with E-state index in [1.807, 2.05) is 44.2 Å². The molecular formula is C28H29NO6. The van der Waals surface area contributed by atoms with Crippen LogP contribution in [-0.4, -0.2) is 44.0 Å². The van der Waals surface area contributed by atoms with Crippen LogP contribution < -0.4 is 14.8 Å². The van der Waals surface area contributed by atoms with Crippen molar-refractivity contribution in [1.29, 1.82) is 0 Å². The Hall–Kier alpha value is -4.13. The Morgan fingerprint density at radius 1 is 0.771 bits per heavy atom. The number of carbonyl (C=O) groups is 3. The van der Waals surface area contributed by atoms with E-state index in [0.717, 1.165) is 5.56 Å². The normalized spacial score (nSPS) is 10.3. The lowest BCUT2D eigenvalue weighted by Crippen LogP contribution is -2.30. The Morgan fingerprint density at radius 3 is 2.14 bits per heavy atom. The molecule has 35 heavy (non-hydrogen) atoms. The third-order valence-electron chi connectivity index (χ3n) is 5.11. The first kappa shape index (κ1) is 25.5. The average Bonchev–Trinajstić information content (AvgIpc) is 2.89. The predicted octanol–water partition coefficient (Wildman–Crippen LogP) is 4.23. The Kier molecular flexibility index (Phi) is 9.42. The van der Waals surface area contributed by atoms with E-state index in [2.05, 4.69) is 5.32 Å². The van der Waals surface area contributed by atoms with Gasteiger partial charge in [-0.25, -0.2) is 4.79 Å². The van der Waals surface area contributed by atoms with Crippen LogP contribution in [0.1, 0.15) is 45.7 Å². The van der Waals surface area contributed by atoms with E-state index < -0.39 is 18.5 Å². The van der Waals surface area contributed by atoms with Crippen molar-refractivity contribution >= 4 is 17.7 Å². The quantitative estimate of drug-likeness (QED) is 0.311. The molecule has 1 N–H and O–H groups in total. The Morgan fingerprint density at radius 2 is 1.43 bits per heavy atom. The van der Waals surface area contributed by atoms with E-state index in [9.17, 15) is 14.4 Å². The summed E-state index contributed by atoms with van der Waals surface area (Å²) in [7, 11) is 0. The van der Waals surface area contributed by atoms with Crippen molar-refractivity contribution in [2.45, 2.75) is 20.3 Å². The summed E-state index contributed by atoms with van der Waals surface area (Å²) in [5.41, 5.74) is 1.70. The summed E-state index contributed by atoms with van der Waals surface area (Å²) in [5, 5.41) is 2.73. The highest BCUT2D eigenvalue weighted by Gasteiger charge is 2.21. The molecule has 0 aromatic heterocycles. The van der Waals surface area contributed by atoms with E-state index in [0.29, 0.717) is 43.2 Å². The molecule has 0 bridgehead atoms. The molecule has 7 heteroatoms. The zero-order chi connectivity index (χ0) is 25.0. The number of nitrogens with one attached hydrogen (secondary N) is 1. The smallest absolute Gasteiger partial charge is 0.339 e. The second kappa shape index (κ2) is 12.9. The first-order valence-corrected chi connectivity index (χ1v) is 11.5. The number of benzene rings is 3. The zero-order valence-corrected chi connectivity index (χ0v) is 19.9. The van der Waals surface area contributed by atoms with E-state index in [1.54, 1.807) is 36.4 Å². The van der Waals surface area contributed by atoms with E-state index >= 15 is 0 Å². The van der Waals surface area contributed by atoms with Crippen LogP contribution in [0, 0.1) is 0 Å². The van der Waals surface area contributed by atoms with Gasteiger partial charge in [0.15, 0.2) is 23.9 Å². The molecule has 0 radical (unpaired) electrons. The largest absolute Gasteiger partial charge is 0.490 e. The second-order valence-electron chi connectivity index (χ2n) is 7.56. The summed E-state index contributed by atoms with van der Waals surface area (Å²) in [6.45, 7) is 4.56. The van der Waals surface area contributed by atoms with Crippen molar-refractivity contribution < 1.29 is 28.6 Å². The summed E-state index contributed by atoms with van der Waals surface area (Å²) in [4.78, 5) is 38.1. The van der Waals surface area contributed by atoms with Crippen LogP contribution in [-0.2, 0) is 16.0 Å². The Labute approximate surface area is 205 Å². The fourth-order valence-electron chi connectivity index (χ4n) is 3.46. The molecular weight excluding hydrogens is 446 g/mol. The van der Waals surface area contributed by atoms with Crippen LogP contribution in [0.3, 0.4) is 0 Å². The summed E-state index contributed by atoms with van der Waals surface area (Å²) in [6.07, 6.45) is 0.670. The molecule has 0 atom stereocenters. The molecule has 3 aromatic carbocycles. The maximum absolute atomic E-state index is 13.2. The minimum atomic E-state index is -0.747. The molecule has 7 nitrogen and oxygen atoms in total. The average molecular weight is 476 g/mol. The number of hydrogen-bond donors (Lipinski definition) is 1. The lowest BCUT2D eigenvalue weighted by atomic mass is 9.98. The van der Waals surface area contributed by atoms with Crippen molar-refractivity contribution in [2.75, 3.05) is 26.4 Å². The van der Waals surface area contributed by atoms with Gasteiger partial charge in [-0.05, 0) is 50.1 Å². The van der Waals surface area contributed by atoms with Gasteiger partial charge in [-0.1, -0.05) is 48.5 Å². The monoisotopic (exact) mass is 475 g/mol. The molecule has 0 aliphatic rings. The topological polar surface area (TPSA) is 90.9 Å². The molecule has 0 saturated carbocycles. The number of carbonyl (C=O) groups excluding carboxylic acids is 3. The van der Waals surface area contributed by atoms with Gasteiger partial charge in [-0.3, -0.25) is 9.59 Å². The number of esters is 1. The molecule has 3 aromatic rings. The molecule has 0 aliphatic heterocycles. The number of amides is 1. The van der Waals surface area contributed by atoms with Crippen molar-refractivity contribution in [3.05, 3.63) is 95.1 Å². The summed E-state index contributed by atoms with van der Waals surface area (Å²) >= 11 is 0. The van der Waals surface area contributed by atoms with Gasteiger partial charge >= 0.3 is 5.97 Å². The van der Waals surface area contributed by atoms with Gasteiger partial charge in [0.05, 0.1) is 18.8 Å². The molecule has 0 heterocycles. The van der Waals surface area contributed by atoms with E-state index in [-0.39, 0.29) is 16.9 Å². The van der Waals surface area contributed by atoms with Gasteiger partial charge in [0.2, 0.25) is 0 Å². The summed E-state index contributed by atoms with van der Waals surface area (Å²) in [5.74, 6) is -0.535. The lowest BCUT2D eigenvalue weighted by molar-refractivity contribution is -0.124. The predicted molar refractivity (Wildman–Crippen MR) is 132 cm³/mol. The van der Waals surface area contributed by atoms with Crippen LogP contribution in [0.25, 0.3) is 0 Å². The van der Waals surface area contributed by atoms with Crippen molar-refractivity contribution in [1.82, 2.24) is 5.32 Å². The number of ether oxygens (including phenoxy) is 3. The van der Waals surface area contributed by atoms with E-state index in [1.165, 1.54) is 6.07 Å². The SMILES string of the molecule is CCOc1ccc(C(=O)c2ccccc2C(=O)OCC(=O)NCCc2ccccc2)cc1OCC. The number of ketones is 1. The molecule has 0 saturated heterocycles. The van der Waals surface area contributed by atoms with Gasteiger partial charge in [0.25, 0.3) is 5.91 Å². The van der Waals surface area contributed by atoms with Crippen LogP contribution in [0.4, 0.5) is 0 Å². The Bertz CT molecular complexity index is 1160. The maximum Gasteiger partial charge on any atom is 0.339 e. The van der Waals surface area contributed by atoms with Crippen LogP contribution in [0.5, 0.6) is 11.5 Å². The molecule has 3 rings (SSSR count). The van der Waals surface area contributed by atoms with Gasteiger partial charge in [-0.2, -0.15) is 0 Å². The highest BCUT2D eigenvalue weighted by atomic mass is 16.5. The minimum absolute atomic E-state index is 0.0847. The van der Waals surface area contributed by atoms with Gasteiger partial charge in [0, 0.05) is 17.7 Å². The van der Waals surface area contributed by atoms with Crippen molar-refractivity contribution in [3.8, 4) is 11.5 Å². The number of rotatable bonds is 12. The van der Waals surface area contributed by atoms with Crippen molar-refractivity contribution in [3.63, 3.8) is 0 Å². The summed E-state index contributed by atoms with van der Waals surface area (Å²) < 4.78 is 16.3. The van der Waals surface area contributed by atoms with E-state index in [4.69, 9.17) is 14.2 Å².